The molecule has 35 heavy (non-hydrogen) atoms. The Hall–Kier alpha value is -3.87. The Morgan fingerprint density at radius 3 is 2.54 bits per heavy atom. The molecule has 13 heteroatoms. The van der Waals surface area contributed by atoms with Gasteiger partial charge in [0.05, 0.1) is 0 Å². The molecule has 12 nitrogen and oxygen atoms in total. The van der Waals surface area contributed by atoms with Gasteiger partial charge in [-0.25, -0.2) is 14.4 Å². The van der Waals surface area contributed by atoms with Gasteiger partial charge in [0.1, 0.15) is 36.0 Å². The number of benzene rings is 1. The molecule has 1 aromatic rings. The third-order valence-electron chi connectivity index (χ3n) is 5.36. The van der Waals surface area contributed by atoms with Crippen molar-refractivity contribution in [2.75, 3.05) is 5.75 Å². The fraction of sp³-hybridized carbons (Fsp3) is 0.364. The number of nitrogens with one attached hydrogen (secondary N) is 2. The molecule has 1 aromatic carbocycles. The Morgan fingerprint density at radius 1 is 1.20 bits per heavy atom. The largest absolute Gasteiger partial charge is 0.480 e. The summed E-state index contributed by atoms with van der Waals surface area (Å²) in [6.45, 7) is -0.0276. The molecule has 2 unspecified atom stereocenters. The summed E-state index contributed by atoms with van der Waals surface area (Å²) in [5.41, 5.74) is 0.347. The van der Waals surface area contributed by atoms with E-state index in [1.165, 1.54) is 0 Å². The third kappa shape index (κ3) is 6.18. The minimum atomic E-state index is -1.40. The van der Waals surface area contributed by atoms with Crippen molar-refractivity contribution in [3.63, 3.8) is 0 Å². The normalized spacial score (nSPS) is 19.7. The maximum absolute atomic E-state index is 12.4. The van der Waals surface area contributed by atoms with Crippen LogP contribution in [0.25, 0.3) is 0 Å². The molecule has 0 bridgehead atoms. The minimum absolute atomic E-state index is 0.00798. The SMILES string of the molecule is O=CC1=C(C(=O)O)N2C(=O)C(NC(=O)CCCC(NC(=O)OCc3ccccc3)C(=O)O)[C@@H]2SC1. The van der Waals surface area contributed by atoms with Crippen LogP contribution in [-0.2, 0) is 35.3 Å². The van der Waals surface area contributed by atoms with Crippen LogP contribution in [0.1, 0.15) is 24.8 Å². The zero-order valence-corrected chi connectivity index (χ0v) is 19.2. The van der Waals surface area contributed by atoms with Crippen LogP contribution in [0.4, 0.5) is 4.79 Å². The number of thioether (sulfide) groups is 1. The molecule has 0 radical (unpaired) electrons. The van der Waals surface area contributed by atoms with Crippen molar-refractivity contribution >= 4 is 47.9 Å². The molecule has 3 rings (SSSR count). The number of carboxylic acids is 2. The molecule has 0 aliphatic carbocycles. The van der Waals surface area contributed by atoms with E-state index >= 15 is 0 Å². The van der Waals surface area contributed by atoms with Gasteiger partial charge in [-0.1, -0.05) is 30.3 Å². The van der Waals surface area contributed by atoms with E-state index in [4.69, 9.17) is 4.74 Å². The van der Waals surface area contributed by atoms with Gasteiger partial charge < -0.3 is 25.6 Å². The van der Waals surface area contributed by atoms with Crippen molar-refractivity contribution in [3.8, 4) is 0 Å². The van der Waals surface area contributed by atoms with Gasteiger partial charge in [0.15, 0.2) is 0 Å². The van der Waals surface area contributed by atoms with Gasteiger partial charge in [-0.2, -0.15) is 0 Å². The number of β-lactam (4-membered cyclic amide) rings is 1. The second kappa shape index (κ2) is 11.5. The van der Waals surface area contributed by atoms with Gasteiger partial charge in [-0.15, -0.1) is 11.8 Å². The lowest BCUT2D eigenvalue weighted by molar-refractivity contribution is -0.150. The van der Waals surface area contributed by atoms with E-state index < -0.39 is 47.3 Å². The van der Waals surface area contributed by atoms with Gasteiger partial charge in [0, 0.05) is 17.7 Å². The molecular formula is C22H23N3O9S. The van der Waals surface area contributed by atoms with Crippen LogP contribution in [0, 0.1) is 0 Å². The van der Waals surface area contributed by atoms with Gasteiger partial charge >= 0.3 is 18.0 Å². The molecule has 1 fully saturated rings. The fourth-order valence-electron chi connectivity index (χ4n) is 3.61. The van der Waals surface area contributed by atoms with Crippen LogP contribution in [0.2, 0.25) is 0 Å². The highest BCUT2D eigenvalue weighted by molar-refractivity contribution is 8.00. The number of ether oxygens (including phenoxy) is 1. The number of rotatable bonds is 11. The van der Waals surface area contributed by atoms with Crippen molar-refractivity contribution in [3.05, 3.63) is 47.2 Å². The molecule has 1 saturated heterocycles. The Bertz CT molecular complexity index is 1060. The number of amides is 3. The van der Waals surface area contributed by atoms with E-state index in [2.05, 4.69) is 10.6 Å². The zero-order chi connectivity index (χ0) is 25.5. The number of fused-ring (bicyclic) bond motifs is 1. The number of carboxylic acid groups (broad SMARTS) is 2. The minimum Gasteiger partial charge on any atom is -0.480 e. The molecule has 0 saturated carbocycles. The second-order valence-corrected chi connectivity index (χ2v) is 8.85. The molecule has 4 N–H and O–H groups in total. The zero-order valence-electron chi connectivity index (χ0n) is 18.3. The summed E-state index contributed by atoms with van der Waals surface area (Å²) in [6, 6.07) is 6.62. The molecule has 0 spiro atoms. The number of nitrogens with zero attached hydrogens (tertiary/aromatic N) is 1. The lowest BCUT2D eigenvalue weighted by Crippen LogP contribution is -2.70. The van der Waals surface area contributed by atoms with Crippen molar-refractivity contribution in [2.45, 2.75) is 43.3 Å². The molecule has 186 valence electrons. The number of alkyl carbamates (subject to hydrolysis) is 1. The molecule has 2 heterocycles. The van der Waals surface area contributed by atoms with Crippen LogP contribution >= 0.6 is 11.8 Å². The van der Waals surface area contributed by atoms with E-state index in [0.29, 0.717) is 6.29 Å². The van der Waals surface area contributed by atoms with E-state index in [-0.39, 0.29) is 42.9 Å². The standard InChI is InChI=1S/C22H23N3O9S/c26-9-13-11-35-19-16(18(28)25(19)17(13)21(31)32)24-15(27)8-4-7-14(20(29)30)23-22(33)34-10-12-5-2-1-3-6-12/h1-3,5-6,9,14,16,19H,4,7-8,10-11H2,(H,23,33)(H,24,27)(H,29,30)(H,31,32)/t14?,16?,19-/m0/s1. The Labute approximate surface area is 203 Å². The first-order valence-corrected chi connectivity index (χ1v) is 11.6. The Kier molecular flexibility index (Phi) is 8.47. The summed E-state index contributed by atoms with van der Waals surface area (Å²) < 4.78 is 5.01. The summed E-state index contributed by atoms with van der Waals surface area (Å²) in [4.78, 5) is 71.6. The summed E-state index contributed by atoms with van der Waals surface area (Å²) in [5.74, 6) is -3.76. The van der Waals surface area contributed by atoms with Gasteiger partial charge in [0.2, 0.25) is 5.91 Å². The van der Waals surface area contributed by atoms with E-state index in [0.717, 1.165) is 22.2 Å². The number of hydrogen-bond donors (Lipinski definition) is 4. The fourth-order valence-corrected chi connectivity index (χ4v) is 4.90. The highest BCUT2D eigenvalue weighted by Gasteiger charge is 2.54. The Balaban J connectivity index is 1.44. The summed E-state index contributed by atoms with van der Waals surface area (Å²) in [7, 11) is 0. The van der Waals surface area contributed by atoms with E-state index in [9.17, 15) is 39.0 Å². The predicted octanol–water partition coefficient (Wildman–Crippen LogP) is 0.474. The monoisotopic (exact) mass is 505 g/mol. The van der Waals surface area contributed by atoms with Crippen LogP contribution in [-0.4, -0.2) is 74.5 Å². The van der Waals surface area contributed by atoms with Gasteiger partial charge in [-0.3, -0.25) is 19.3 Å². The average molecular weight is 506 g/mol. The second-order valence-electron chi connectivity index (χ2n) is 7.74. The number of carbonyl (C=O) groups excluding carboxylic acids is 4. The predicted molar refractivity (Wildman–Crippen MR) is 121 cm³/mol. The van der Waals surface area contributed by atoms with Crippen molar-refractivity contribution in [1.82, 2.24) is 15.5 Å². The van der Waals surface area contributed by atoms with E-state index in [1.54, 1.807) is 30.3 Å². The van der Waals surface area contributed by atoms with E-state index in [1.807, 2.05) is 0 Å². The van der Waals surface area contributed by atoms with Crippen LogP contribution < -0.4 is 10.6 Å². The van der Waals surface area contributed by atoms with Gasteiger partial charge in [-0.05, 0) is 18.4 Å². The van der Waals surface area contributed by atoms with Crippen LogP contribution in [0.15, 0.2) is 41.6 Å². The van der Waals surface area contributed by atoms with Crippen LogP contribution in [0.3, 0.4) is 0 Å². The smallest absolute Gasteiger partial charge is 0.408 e. The quantitative estimate of drug-likeness (QED) is 0.244. The maximum Gasteiger partial charge on any atom is 0.408 e. The highest BCUT2D eigenvalue weighted by atomic mass is 32.2. The molecule has 2 aliphatic heterocycles. The average Bonchev–Trinajstić information content (AvgIpc) is 2.84. The third-order valence-corrected chi connectivity index (χ3v) is 6.66. The van der Waals surface area contributed by atoms with Crippen molar-refractivity contribution in [1.29, 1.82) is 0 Å². The molecular weight excluding hydrogens is 482 g/mol. The maximum atomic E-state index is 12.4. The lowest BCUT2D eigenvalue weighted by Gasteiger charge is -2.49. The summed E-state index contributed by atoms with van der Waals surface area (Å²) in [6.07, 6.45) is -0.582. The number of aldehydes is 1. The number of carbonyl (C=O) groups is 6. The lowest BCUT2D eigenvalue weighted by atomic mass is 10.0. The Morgan fingerprint density at radius 2 is 1.91 bits per heavy atom. The first-order chi connectivity index (χ1) is 16.7. The van der Waals surface area contributed by atoms with Crippen molar-refractivity contribution < 1.29 is 43.7 Å². The van der Waals surface area contributed by atoms with Crippen LogP contribution in [0.5, 0.6) is 0 Å². The first-order valence-electron chi connectivity index (χ1n) is 10.6. The van der Waals surface area contributed by atoms with Gasteiger partial charge in [0.25, 0.3) is 5.91 Å². The van der Waals surface area contributed by atoms with Crippen molar-refractivity contribution in [2.24, 2.45) is 0 Å². The molecule has 0 aromatic heterocycles. The number of aliphatic carboxylic acids is 2. The number of hydrogen-bond acceptors (Lipinski definition) is 8. The molecule has 2 aliphatic rings. The highest BCUT2D eigenvalue weighted by Crippen LogP contribution is 2.39. The summed E-state index contributed by atoms with van der Waals surface area (Å²) >= 11 is 1.16. The topological polar surface area (TPSA) is 179 Å². The molecule has 3 amide bonds. The molecule has 3 atom stereocenters. The summed E-state index contributed by atoms with van der Waals surface area (Å²) in [5, 5.41) is 22.8. The first kappa shape index (κ1) is 25.7.